The first-order valence-electron chi connectivity index (χ1n) is 14.3. The summed E-state index contributed by atoms with van der Waals surface area (Å²) < 4.78 is 37.1. The molecule has 0 spiro atoms. The average molecular weight is 616 g/mol. The van der Waals surface area contributed by atoms with Crippen molar-refractivity contribution in [3.63, 3.8) is 0 Å². The molecule has 6 rings (SSSR count). The van der Waals surface area contributed by atoms with Gasteiger partial charge >= 0.3 is 0 Å². The van der Waals surface area contributed by atoms with Gasteiger partial charge in [0.2, 0.25) is 10.0 Å². The summed E-state index contributed by atoms with van der Waals surface area (Å²) in [6, 6.07) is 21.9. The standard InChI is InChI=1S/C32H33N5O4S2/c1-4-41-28-10-7-11-29-30(28)33-32(42-29)36(18-19-37-23(3)20-22(2)34-37)31(38)25-12-14-27(15-13-25)43(39,40)35-17-16-24-8-5-6-9-26(24)21-35/h5-15,20H,4,16-19,21H2,1-3H3. The zero-order valence-electron chi connectivity index (χ0n) is 24.4. The van der Waals surface area contributed by atoms with E-state index in [2.05, 4.69) is 5.10 Å². The molecule has 1 amide bonds. The van der Waals surface area contributed by atoms with Crippen LogP contribution in [-0.4, -0.2) is 53.1 Å². The van der Waals surface area contributed by atoms with Crippen LogP contribution in [0.1, 0.15) is 39.8 Å². The van der Waals surface area contributed by atoms with E-state index in [1.165, 1.54) is 33.3 Å². The Hall–Kier alpha value is -4.06. The lowest BCUT2D eigenvalue weighted by Gasteiger charge is -2.28. The van der Waals surface area contributed by atoms with Crippen LogP contribution in [0.25, 0.3) is 10.2 Å². The van der Waals surface area contributed by atoms with Crippen molar-refractivity contribution in [2.75, 3.05) is 24.6 Å². The summed E-state index contributed by atoms with van der Waals surface area (Å²) in [6.45, 7) is 7.91. The van der Waals surface area contributed by atoms with Gasteiger partial charge in [-0.3, -0.25) is 14.4 Å². The van der Waals surface area contributed by atoms with Gasteiger partial charge in [-0.1, -0.05) is 41.7 Å². The Balaban J connectivity index is 1.29. The lowest BCUT2D eigenvalue weighted by atomic mass is 10.0. The first-order chi connectivity index (χ1) is 20.7. The maximum absolute atomic E-state index is 14.0. The molecule has 0 radical (unpaired) electrons. The number of carbonyl (C=O) groups excluding carboxylic acids is 1. The van der Waals surface area contributed by atoms with E-state index in [0.717, 1.165) is 21.7 Å². The minimum Gasteiger partial charge on any atom is -0.492 e. The summed E-state index contributed by atoms with van der Waals surface area (Å²) in [6.07, 6.45) is 0.670. The fourth-order valence-corrected chi connectivity index (χ4v) is 7.85. The Bertz CT molecular complexity index is 1900. The van der Waals surface area contributed by atoms with Crippen molar-refractivity contribution >= 4 is 42.6 Å². The van der Waals surface area contributed by atoms with E-state index in [9.17, 15) is 13.2 Å². The Morgan fingerprint density at radius 1 is 1.02 bits per heavy atom. The third kappa shape index (κ3) is 5.80. The third-order valence-corrected chi connectivity index (χ3v) is 10.5. The topological polar surface area (TPSA) is 97.6 Å². The van der Waals surface area contributed by atoms with Crippen LogP contribution >= 0.6 is 11.3 Å². The van der Waals surface area contributed by atoms with E-state index in [0.29, 0.717) is 61.2 Å². The van der Waals surface area contributed by atoms with Gasteiger partial charge in [0.15, 0.2) is 5.13 Å². The van der Waals surface area contributed by atoms with Gasteiger partial charge in [-0.25, -0.2) is 13.4 Å². The molecule has 0 unspecified atom stereocenters. The number of fused-ring (bicyclic) bond motifs is 2. The van der Waals surface area contributed by atoms with Gasteiger partial charge in [0.05, 0.1) is 28.4 Å². The van der Waals surface area contributed by atoms with Crippen LogP contribution in [0.5, 0.6) is 5.75 Å². The van der Waals surface area contributed by atoms with E-state index in [-0.39, 0.29) is 10.8 Å². The Morgan fingerprint density at radius 2 is 1.79 bits per heavy atom. The van der Waals surface area contributed by atoms with Crippen LogP contribution < -0.4 is 9.64 Å². The quantitative estimate of drug-likeness (QED) is 0.214. The number of amides is 1. The van der Waals surface area contributed by atoms with Crippen LogP contribution in [0.3, 0.4) is 0 Å². The lowest BCUT2D eigenvalue weighted by molar-refractivity contribution is 0.0985. The number of aromatic nitrogens is 3. The number of aryl methyl sites for hydroxylation is 2. The third-order valence-electron chi connectivity index (χ3n) is 7.62. The molecule has 0 saturated heterocycles. The highest BCUT2D eigenvalue weighted by Gasteiger charge is 2.29. The number of sulfonamides is 1. The molecule has 1 aliphatic heterocycles. The molecule has 11 heteroatoms. The Kier molecular flexibility index (Phi) is 8.04. The zero-order valence-corrected chi connectivity index (χ0v) is 26.0. The molecule has 1 aliphatic rings. The first kappa shape index (κ1) is 29.0. The number of anilines is 1. The molecule has 3 heterocycles. The van der Waals surface area contributed by atoms with E-state index in [1.807, 2.05) is 74.0 Å². The monoisotopic (exact) mass is 615 g/mol. The number of rotatable bonds is 9. The minimum atomic E-state index is -3.72. The van der Waals surface area contributed by atoms with Crippen molar-refractivity contribution in [1.82, 2.24) is 19.1 Å². The van der Waals surface area contributed by atoms with E-state index in [4.69, 9.17) is 9.72 Å². The molecule has 222 valence electrons. The van der Waals surface area contributed by atoms with Crippen molar-refractivity contribution in [2.45, 2.75) is 45.2 Å². The van der Waals surface area contributed by atoms with Crippen LogP contribution in [0.2, 0.25) is 0 Å². The van der Waals surface area contributed by atoms with Crippen molar-refractivity contribution in [3.05, 3.63) is 101 Å². The average Bonchev–Trinajstić information content (AvgIpc) is 3.59. The van der Waals surface area contributed by atoms with Gasteiger partial charge in [-0.05, 0) is 80.8 Å². The number of ether oxygens (including phenoxy) is 1. The maximum Gasteiger partial charge on any atom is 0.260 e. The van der Waals surface area contributed by atoms with Crippen LogP contribution in [-0.2, 0) is 29.5 Å². The Morgan fingerprint density at radius 3 is 2.51 bits per heavy atom. The summed E-state index contributed by atoms with van der Waals surface area (Å²) in [7, 11) is -3.72. The number of nitrogens with zero attached hydrogens (tertiary/aromatic N) is 5. The molecule has 0 aliphatic carbocycles. The Labute approximate surface area is 255 Å². The minimum absolute atomic E-state index is 0.166. The number of carbonyl (C=O) groups is 1. The summed E-state index contributed by atoms with van der Waals surface area (Å²) in [5, 5.41) is 5.10. The second kappa shape index (κ2) is 11.9. The summed E-state index contributed by atoms with van der Waals surface area (Å²) in [5.74, 6) is 0.401. The highest BCUT2D eigenvalue weighted by molar-refractivity contribution is 7.89. The molecule has 3 aromatic carbocycles. The van der Waals surface area contributed by atoms with Gasteiger partial charge in [0.1, 0.15) is 11.3 Å². The fourth-order valence-electron chi connectivity index (χ4n) is 5.43. The van der Waals surface area contributed by atoms with Crippen LogP contribution in [0.15, 0.2) is 77.7 Å². The van der Waals surface area contributed by atoms with Crippen molar-refractivity contribution in [1.29, 1.82) is 0 Å². The number of hydrogen-bond donors (Lipinski definition) is 0. The summed E-state index contributed by atoms with van der Waals surface area (Å²) in [5.41, 5.74) is 5.19. The smallest absolute Gasteiger partial charge is 0.260 e. The molecule has 2 aromatic heterocycles. The van der Waals surface area contributed by atoms with Gasteiger partial charge < -0.3 is 4.74 Å². The SMILES string of the molecule is CCOc1cccc2sc(N(CCn3nc(C)cc3C)C(=O)c3ccc(S(=O)(=O)N4CCc5ccccc5C4)cc3)nc12. The molecule has 43 heavy (non-hydrogen) atoms. The molecule has 9 nitrogen and oxygen atoms in total. The predicted molar refractivity (Wildman–Crippen MR) is 168 cm³/mol. The molecular formula is C32H33N5O4S2. The molecule has 0 N–H and O–H groups in total. The largest absolute Gasteiger partial charge is 0.492 e. The summed E-state index contributed by atoms with van der Waals surface area (Å²) in [4.78, 5) is 20.6. The maximum atomic E-state index is 14.0. The fraction of sp³-hybridized carbons (Fsp3) is 0.281. The normalized spacial score (nSPS) is 13.7. The van der Waals surface area contributed by atoms with Gasteiger partial charge in [-0.15, -0.1) is 0 Å². The lowest BCUT2D eigenvalue weighted by Crippen LogP contribution is -2.36. The predicted octanol–water partition coefficient (Wildman–Crippen LogP) is 5.60. The van der Waals surface area contributed by atoms with Gasteiger partial charge in [0.25, 0.3) is 5.91 Å². The van der Waals surface area contributed by atoms with Crippen LogP contribution in [0, 0.1) is 13.8 Å². The van der Waals surface area contributed by atoms with Crippen LogP contribution in [0.4, 0.5) is 5.13 Å². The van der Waals surface area contributed by atoms with Gasteiger partial charge in [0, 0.05) is 30.9 Å². The molecule has 0 atom stereocenters. The first-order valence-corrected chi connectivity index (χ1v) is 16.5. The van der Waals surface area contributed by atoms with Crippen molar-refractivity contribution in [3.8, 4) is 5.75 Å². The van der Waals surface area contributed by atoms with E-state index >= 15 is 0 Å². The number of hydrogen-bond acceptors (Lipinski definition) is 7. The second-order valence-electron chi connectivity index (χ2n) is 10.5. The number of para-hydroxylation sites is 1. The molecule has 5 aromatic rings. The molecule has 0 bridgehead atoms. The molecule has 0 saturated carbocycles. The van der Waals surface area contributed by atoms with Crippen molar-refractivity contribution < 1.29 is 17.9 Å². The number of thiazole rings is 1. The van der Waals surface area contributed by atoms with Crippen molar-refractivity contribution in [2.24, 2.45) is 0 Å². The molecule has 0 fully saturated rings. The number of benzene rings is 3. The van der Waals surface area contributed by atoms with E-state index in [1.54, 1.807) is 17.0 Å². The highest BCUT2D eigenvalue weighted by Crippen LogP contribution is 2.35. The van der Waals surface area contributed by atoms with Gasteiger partial charge in [-0.2, -0.15) is 9.40 Å². The van der Waals surface area contributed by atoms with E-state index < -0.39 is 10.0 Å². The second-order valence-corrected chi connectivity index (χ2v) is 13.5. The molecular weight excluding hydrogens is 583 g/mol. The summed E-state index contributed by atoms with van der Waals surface area (Å²) >= 11 is 1.42. The highest BCUT2D eigenvalue weighted by atomic mass is 32.2. The zero-order chi connectivity index (χ0) is 30.1.